The SMILES string of the molecule is COc1ccc(CN2CCN(C(=O)C[C@H]3C[C@H]4CC[C@@H]3C4)CC2)c(OC)c1OC. The van der Waals surface area contributed by atoms with Crippen LogP contribution in [0, 0.1) is 17.8 Å². The number of ether oxygens (including phenoxy) is 3. The molecule has 1 aromatic rings. The van der Waals surface area contributed by atoms with Crippen LogP contribution in [0.5, 0.6) is 17.2 Å². The Morgan fingerprint density at radius 3 is 2.31 bits per heavy atom. The molecule has 1 amide bonds. The average molecular weight is 403 g/mol. The minimum Gasteiger partial charge on any atom is -0.493 e. The molecule has 29 heavy (non-hydrogen) atoms. The normalized spacial score (nSPS) is 26.6. The maximum Gasteiger partial charge on any atom is 0.222 e. The molecule has 3 fully saturated rings. The number of carbonyl (C=O) groups is 1. The first-order valence-corrected chi connectivity index (χ1v) is 10.9. The Hall–Kier alpha value is -1.95. The third kappa shape index (κ3) is 4.18. The zero-order valence-corrected chi connectivity index (χ0v) is 18.0. The number of hydrogen-bond acceptors (Lipinski definition) is 5. The van der Waals surface area contributed by atoms with Gasteiger partial charge in [-0.15, -0.1) is 0 Å². The van der Waals surface area contributed by atoms with E-state index in [9.17, 15) is 4.79 Å². The number of fused-ring (bicyclic) bond motifs is 2. The molecule has 2 aliphatic carbocycles. The average Bonchev–Trinajstić information content (AvgIpc) is 3.37. The molecule has 6 nitrogen and oxygen atoms in total. The van der Waals surface area contributed by atoms with Gasteiger partial charge in [-0.05, 0) is 43.1 Å². The fourth-order valence-electron chi connectivity index (χ4n) is 5.66. The van der Waals surface area contributed by atoms with Crippen molar-refractivity contribution in [2.24, 2.45) is 17.8 Å². The van der Waals surface area contributed by atoms with Gasteiger partial charge >= 0.3 is 0 Å². The first-order chi connectivity index (χ1) is 14.1. The van der Waals surface area contributed by atoms with Crippen LogP contribution < -0.4 is 14.2 Å². The fourth-order valence-corrected chi connectivity index (χ4v) is 5.66. The van der Waals surface area contributed by atoms with E-state index >= 15 is 0 Å². The van der Waals surface area contributed by atoms with Crippen LogP contribution in [0.2, 0.25) is 0 Å². The quantitative estimate of drug-likeness (QED) is 0.701. The summed E-state index contributed by atoms with van der Waals surface area (Å²) in [6.45, 7) is 4.18. The lowest BCUT2D eigenvalue weighted by Crippen LogP contribution is -2.48. The maximum atomic E-state index is 12.8. The Morgan fingerprint density at radius 2 is 1.72 bits per heavy atom. The van der Waals surface area contributed by atoms with E-state index in [4.69, 9.17) is 14.2 Å². The van der Waals surface area contributed by atoms with Gasteiger partial charge in [-0.2, -0.15) is 0 Å². The van der Waals surface area contributed by atoms with Gasteiger partial charge in [0.05, 0.1) is 21.3 Å². The van der Waals surface area contributed by atoms with E-state index in [0.29, 0.717) is 23.3 Å². The van der Waals surface area contributed by atoms with Crippen LogP contribution in [0.1, 0.15) is 37.7 Å². The highest BCUT2D eigenvalue weighted by atomic mass is 16.5. The van der Waals surface area contributed by atoms with Gasteiger partial charge in [0.25, 0.3) is 0 Å². The van der Waals surface area contributed by atoms with Crippen molar-refractivity contribution in [2.75, 3.05) is 47.5 Å². The molecule has 0 N–H and O–H groups in total. The molecular weight excluding hydrogens is 368 g/mol. The molecule has 1 aliphatic heterocycles. The topological polar surface area (TPSA) is 51.2 Å². The number of amides is 1. The number of hydrogen-bond donors (Lipinski definition) is 0. The fraction of sp³-hybridized carbons (Fsp3) is 0.696. The van der Waals surface area contributed by atoms with Crippen molar-refractivity contribution < 1.29 is 19.0 Å². The van der Waals surface area contributed by atoms with E-state index in [-0.39, 0.29) is 0 Å². The summed E-state index contributed by atoms with van der Waals surface area (Å²) in [7, 11) is 4.92. The molecule has 1 heterocycles. The number of rotatable bonds is 7. The number of carbonyl (C=O) groups excluding carboxylic acids is 1. The first kappa shape index (κ1) is 20.3. The molecule has 2 saturated carbocycles. The molecule has 6 heteroatoms. The molecule has 4 rings (SSSR count). The number of benzene rings is 1. The van der Waals surface area contributed by atoms with Gasteiger partial charge < -0.3 is 19.1 Å². The van der Waals surface area contributed by atoms with Gasteiger partial charge in [-0.25, -0.2) is 0 Å². The third-order valence-electron chi connectivity index (χ3n) is 7.23. The van der Waals surface area contributed by atoms with E-state index in [2.05, 4.69) is 9.80 Å². The van der Waals surface area contributed by atoms with Crippen molar-refractivity contribution in [3.63, 3.8) is 0 Å². The van der Waals surface area contributed by atoms with Crippen LogP contribution >= 0.6 is 0 Å². The van der Waals surface area contributed by atoms with Gasteiger partial charge in [-0.3, -0.25) is 9.69 Å². The van der Waals surface area contributed by atoms with E-state index < -0.39 is 0 Å². The highest BCUT2D eigenvalue weighted by Crippen LogP contribution is 2.49. The second-order valence-corrected chi connectivity index (χ2v) is 8.79. The van der Waals surface area contributed by atoms with E-state index in [1.165, 1.54) is 25.7 Å². The molecular formula is C23H34N2O4. The van der Waals surface area contributed by atoms with E-state index in [1.807, 2.05) is 12.1 Å². The zero-order chi connectivity index (χ0) is 20.4. The van der Waals surface area contributed by atoms with Gasteiger partial charge in [0.1, 0.15) is 0 Å². The number of piperazine rings is 1. The Bertz CT molecular complexity index is 730. The largest absolute Gasteiger partial charge is 0.493 e. The van der Waals surface area contributed by atoms with Crippen LogP contribution in [-0.4, -0.2) is 63.2 Å². The standard InChI is InChI=1S/C23H34N2O4/c1-27-20-7-6-18(22(28-2)23(20)29-3)15-24-8-10-25(11-9-24)21(26)14-19-13-16-4-5-17(19)12-16/h6-7,16-17,19H,4-5,8-15H2,1-3H3/t16-,17+,19+/m0/s1. The Labute approximate surface area is 174 Å². The number of nitrogens with zero attached hydrogens (tertiary/aromatic N) is 2. The van der Waals surface area contributed by atoms with E-state index in [0.717, 1.165) is 62.3 Å². The summed E-state index contributed by atoms with van der Waals surface area (Å²) in [5, 5.41) is 0. The summed E-state index contributed by atoms with van der Waals surface area (Å²) >= 11 is 0. The van der Waals surface area contributed by atoms with Crippen molar-refractivity contribution in [1.82, 2.24) is 9.80 Å². The monoisotopic (exact) mass is 402 g/mol. The molecule has 2 bridgehead atoms. The second-order valence-electron chi connectivity index (χ2n) is 8.79. The van der Waals surface area contributed by atoms with E-state index in [1.54, 1.807) is 21.3 Å². The van der Waals surface area contributed by atoms with Crippen LogP contribution in [0.4, 0.5) is 0 Å². The predicted molar refractivity (Wildman–Crippen MR) is 112 cm³/mol. The van der Waals surface area contributed by atoms with Crippen molar-refractivity contribution in [2.45, 2.75) is 38.6 Å². The summed E-state index contributed by atoms with van der Waals surface area (Å²) < 4.78 is 16.5. The lowest BCUT2D eigenvalue weighted by atomic mass is 9.86. The lowest BCUT2D eigenvalue weighted by molar-refractivity contribution is -0.134. The highest BCUT2D eigenvalue weighted by molar-refractivity contribution is 5.76. The molecule has 3 aliphatic rings. The Kier molecular flexibility index (Phi) is 6.18. The molecule has 3 atom stereocenters. The van der Waals surface area contributed by atoms with Crippen molar-refractivity contribution in [3.8, 4) is 17.2 Å². The van der Waals surface area contributed by atoms with Crippen molar-refractivity contribution in [3.05, 3.63) is 17.7 Å². The zero-order valence-electron chi connectivity index (χ0n) is 18.0. The smallest absolute Gasteiger partial charge is 0.222 e. The van der Waals surface area contributed by atoms with Gasteiger partial charge in [0.15, 0.2) is 11.5 Å². The van der Waals surface area contributed by atoms with Crippen LogP contribution in [-0.2, 0) is 11.3 Å². The summed E-state index contributed by atoms with van der Waals surface area (Å²) in [6, 6.07) is 3.96. The molecule has 1 saturated heterocycles. The molecule has 160 valence electrons. The minimum absolute atomic E-state index is 0.367. The molecule has 0 spiro atoms. The predicted octanol–water partition coefficient (Wildman–Crippen LogP) is 3.18. The second kappa shape index (κ2) is 8.82. The van der Waals surface area contributed by atoms with Gasteiger partial charge in [0, 0.05) is 44.7 Å². The minimum atomic E-state index is 0.367. The van der Waals surface area contributed by atoms with Crippen LogP contribution in [0.25, 0.3) is 0 Å². The summed E-state index contributed by atoms with van der Waals surface area (Å²) in [4.78, 5) is 17.3. The lowest BCUT2D eigenvalue weighted by Gasteiger charge is -2.36. The number of methoxy groups -OCH3 is 3. The van der Waals surface area contributed by atoms with Crippen LogP contribution in [0.3, 0.4) is 0 Å². The van der Waals surface area contributed by atoms with Gasteiger partial charge in [-0.1, -0.05) is 12.5 Å². The Morgan fingerprint density at radius 1 is 0.966 bits per heavy atom. The van der Waals surface area contributed by atoms with Gasteiger partial charge in [0.2, 0.25) is 11.7 Å². The third-order valence-corrected chi connectivity index (χ3v) is 7.23. The first-order valence-electron chi connectivity index (χ1n) is 10.9. The molecule has 0 radical (unpaired) electrons. The summed E-state index contributed by atoms with van der Waals surface area (Å²) in [6.07, 6.45) is 6.18. The van der Waals surface area contributed by atoms with Crippen molar-refractivity contribution in [1.29, 1.82) is 0 Å². The Balaban J connectivity index is 1.31. The molecule has 1 aromatic carbocycles. The molecule has 0 unspecified atom stereocenters. The summed E-state index contributed by atoms with van der Waals surface area (Å²) in [5.41, 5.74) is 1.08. The molecule has 0 aromatic heterocycles. The van der Waals surface area contributed by atoms with Crippen molar-refractivity contribution >= 4 is 5.91 Å². The maximum absolute atomic E-state index is 12.8. The summed E-state index contributed by atoms with van der Waals surface area (Å²) in [5.74, 6) is 4.77. The van der Waals surface area contributed by atoms with Crippen LogP contribution in [0.15, 0.2) is 12.1 Å². The highest BCUT2D eigenvalue weighted by Gasteiger charge is 2.40.